The normalized spacial score (nSPS) is 15.2. The standard InChI is InChI=1S/C22H22N2O5/c1-13-7-5-10-18(14(13)2)24-19(25)15-8-6-9-16(11-15)23-12-17-20(26)28-22(3,4)29-21(17)27/h5-12,23H,1-4H3,(H,24,25). The molecule has 1 amide bonds. The van der Waals surface area contributed by atoms with Crippen LogP contribution < -0.4 is 10.6 Å². The number of carbonyl (C=O) groups is 3. The first-order valence-electron chi connectivity index (χ1n) is 9.07. The molecule has 1 aliphatic rings. The Morgan fingerprint density at radius 2 is 1.66 bits per heavy atom. The second kappa shape index (κ2) is 7.79. The second-order valence-corrected chi connectivity index (χ2v) is 7.16. The molecule has 7 heteroatoms. The van der Waals surface area contributed by atoms with Gasteiger partial charge >= 0.3 is 11.9 Å². The van der Waals surface area contributed by atoms with Gasteiger partial charge in [-0.2, -0.15) is 0 Å². The average molecular weight is 394 g/mol. The van der Waals surface area contributed by atoms with Gasteiger partial charge in [-0.25, -0.2) is 9.59 Å². The third-order valence-electron chi connectivity index (χ3n) is 4.48. The lowest BCUT2D eigenvalue weighted by Crippen LogP contribution is -2.42. The Morgan fingerprint density at radius 3 is 2.34 bits per heavy atom. The fourth-order valence-electron chi connectivity index (χ4n) is 2.77. The number of rotatable bonds is 4. The number of esters is 2. The summed E-state index contributed by atoms with van der Waals surface area (Å²) in [5.41, 5.74) is 3.51. The smallest absolute Gasteiger partial charge is 0.350 e. The molecular weight excluding hydrogens is 372 g/mol. The molecule has 0 bridgehead atoms. The number of cyclic esters (lactones) is 2. The van der Waals surface area contributed by atoms with Gasteiger partial charge in [0.25, 0.3) is 11.7 Å². The lowest BCUT2D eigenvalue weighted by atomic mass is 10.1. The zero-order valence-electron chi connectivity index (χ0n) is 16.7. The van der Waals surface area contributed by atoms with E-state index in [0.29, 0.717) is 11.3 Å². The van der Waals surface area contributed by atoms with E-state index in [1.807, 2.05) is 32.0 Å². The fraction of sp³-hybridized carbons (Fsp3) is 0.227. The molecule has 0 atom stereocenters. The maximum Gasteiger partial charge on any atom is 0.350 e. The minimum Gasteiger partial charge on any atom is -0.419 e. The van der Waals surface area contributed by atoms with E-state index in [0.717, 1.165) is 16.8 Å². The van der Waals surface area contributed by atoms with Crippen LogP contribution in [0.3, 0.4) is 0 Å². The van der Waals surface area contributed by atoms with Crippen LogP contribution in [0.4, 0.5) is 11.4 Å². The molecule has 7 nitrogen and oxygen atoms in total. The molecule has 0 saturated carbocycles. The van der Waals surface area contributed by atoms with Crippen LogP contribution in [-0.4, -0.2) is 23.6 Å². The summed E-state index contributed by atoms with van der Waals surface area (Å²) in [7, 11) is 0. The van der Waals surface area contributed by atoms with Gasteiger partial charge in [0.2, 0.25) is 0 Å². The van der Waals surface area contributed by atoms with Crippen LogP contribution >= 0.6 is 0 Å². The van der Waals surface area contributed by atoms with E-state index in [1.165, 1.54) is 20.0 Å². The predicted molar refractivity (Wildman–Crippen MR) is 108 cm³/mol. The number of anilines is 2. The summed E-state index contributed by atoms with van der Waals surface area (Å²) in [4.78, 5) is 36.6. The Bertz CT molecular complexity index is 1000. The molecule has 0 aliphatic carbocycles. The van der Waals surface area contributed by atoms with Gasteiger partial charge in [0, 0.05) is 37.0 Å². The lowest BCUT2D eigenvalue weighted by Gasteiger charge is -2.29. The van der Waals surface area contributed by atoms with Crippen LogP contribution in [0, 0.1) is 13.8 Å². The SMILES string of the molecule is Cc1cccc(NC(=O)c2cccc(NC=C3C(=O)OC(C)(C)OC3=O)c2)c1C. The zero-order valence-corrected chi connectivity index (χ0v) is 16.7. The van der Waals surface area contributed by atoms with Crippen molar-refractivity contribution in [3.05, 3.63) is 70.9 Å². The van der Waals surface area contributed by atoms with Crippen LogP contribution in [0.25, 0.3) is 0 Å². The number of hydrogen-bond acceptors (Lipinski definition) is 6. The summed E-state index contributed by atoms with van der Waals surface area (Å²) in [5, 5.41) is 5.73. The van der Waals surface area contributed by atoms with Gasteiger partial charge in [0.1, 0.15) is 0 Å². The molecule has 2 aromatic rings. The first-order chi connectivity index (χ1) is 13.7. The summed E-state index contributed by atoms with van der Waals surface area (Å²) >= 11 is 0. The largest absolute Gasteiger partial charge is 0.419 e. The van der Waals surface area contributed by atoms with Crippen molar-refractivity contribution in [2.24, 2.45) is 0 Å². The number of hydrogen-bond donors (Lipinski definition) is 2. The Hall–Kier alpha value is -3.61. The van der Waals surface area contributed by atoms with Gasteiger partial charge in [-0.1, -0.05) is 18.2 Å². The predicted octanol–water partition coefficient (Wildman–Crippen LogP) is 3.69. The van der Waals surface area contributed by atoms with Gasteiger partial charge in [-0.3, -0.25) is 4.79 Å². The van der Waals surface area contributed by atoms with Crippen LogP contribution in [0.2, 0.25) is 0 Å². The zero-order chi connectivity index (χ0) is 21.2. The number of carbonyl (C=O) groups excluding carboxylic acids is 3. The van der Waals surface area contributed by atoms with E-state index in [4.69, 9.17) is 9.47 Å². The Labute approximate surface area is 168 Å². The van der Waals surface area contributed by atoms with E-state index < -0.39 is 17.7 Å². The molecule has 2 N–H and O–H groups in total. The Balaban J connectivity index is 1.74. The molecule has 0 unspecified atom stereocenters. The average Bonchev–Trinajstić information content (AvgIpc) is 2.64. The fourth-order valence-corrected chi connectivity index (χ4v) is 2.77. The van der Waals surface area contributed by atoms with E-state index in [-0.39, 0.29) is 11.5 Å². The van der Waals surface area contributed by atoms with Crippen molar-refractivity contribution in [3.63, 3.8) is 0 Å². The van der Waals surface area contributed by atoms with Gasteiger partial charge in [-0.15, -0.1) is 0 Å². The van der Waals surface area contributed by atoms with Crippen molar-refractivity contribution in [3.8, 4) is 0 Å². The number of ether oxygens (including phenoxy) is 2. The van der Waals surface area contributed by atoms with Crippen LogP contribution in [-0.2, 0) is 19.1 Å². The maximum absolute atomic E-state index is 12.6. The summed E-state index contributed by atoms with van der Waals surface area (Å²) in [6.45, 7) is 6.88. The van der Waals surface area contributed by atoms with Crippen molar-refractivity contribution in [2.75, 3.05) is 10.6 Å². The summed E-state index contributed by atoms with van der Waals surface area (Å²) < 4.78 is 10.1. The van der Waals surface area contributed by atoms with Crippen molar-refractivity contribution in [1.82, 2.24) is 0 Å². The molecule has 0 spiro atoms. The molecule has 3 rings (SSSR count). The molecule has 1 fully saturated rings. The first kappa shape index (κ1) is 20.1. The summed E-state index contributed by atoms with van der Waals surface area (Å²) in [5.74, 6) is -3.12. The number of aryl methyl sites for hydroxylation is 1. The highest BCUT2D eigenvalue weighted by atomic mass is 16.7. The molecule has 1 heterocycles. The molecule has 0 aromatic heterocycles. The van der Waals surface area contributed by atoms with Crippen molar-refractivity contribution >= 4 is 29.2 Å². The highest BCUT2D eigenvalue weighted by Gasteiger charge is 2.38. The topological polar surface area (TPSA) is 93.7 Å². The Morgan fingerprint density at radius 1 is 1.00 bits per heavy atom. The van der Waals surface area contributed by atoms with Crippen molar-refractivity contribution in [2.45, 2.75) is 33.5 Å². The quantitative estimate of drug-likeness (QED) is 0.467. The van der Waals surface area contributed by atoms with Gasteiger partial charge < -0.3 is 20.1 Å². The summed E-state index contributed by atoms with van der Waals surface area (Å²) in [6, 6.07) is 12.4. The molecule has 1 saturated heterocycles. The molecule has 1 aliphatic heterocycles. The van der Waals surface area contributed by atoms with E-state index in [1.54, 1.807) is 24.3 Å². The molecular formula is C22H22N2O5. The third-order valence-corrected chi connectivity index (χ3v) is 4.48. The number of nitrogens with one attached hydrogen (secondary N) is 2. The maximum atomic E-state index is 12.6. The van der Waals surface area contributed by atoms with Crippen molar-refractivity contribution in [1.29, 1.82) is 0 Å². The van der Waals surface area contributed by atoms with Crippen LogP contribution in [0.15, 0.2) is 54.2 Å². The van der Waals surface area contributed by atoms with Gasteiger partial charge in [0.15, 0.2) is 5.57 Å². The van der Waals surface area contributed by atoms with Gasteiger partial charge in [-0.05, 0) is 49.2 Å². The molecule has 0 radical (unpaired) electrons. The summed E-state index contributed by atoms with van der Waals surface area (Å²) in [6.07, 6.45) is 1.21. The second-order valence-electron chi connectivity index (χ2n) is 7.16. The van der Waals surface area contributed by atoms with E-state index in [9.17, 15) is 14.4 Å². The van der Waals surface area contributed by atoms with Crippen molar-refractivity contribution < 1.29 is 23.9 Å². The van der Waals surface area contributed by atoms with Crippen LogP contribution in [0.5, 0.6) is 0 Å². The van der Waals surface area contributed by atoms with Crippen LogP contribution in [0.1, 0.15) is 35.3 Å². The number of amides is 1. The van der Waals surface area contributed by atoms with E-state index >= 15 is 0 Å². The Kier molecular flexibility index (Phi) is 5.41. The minimum atomic E-state index is -1.29. The molecule has 29 heavy (non-hydrogen) atoms. The van der Waals surface area contributed by atoms with Gasteiger partial charge in [0.05, 0.1) is 0 Å². The minimum absolute atomic E-state index is 0.255. The molecule has 150 valence electrons. The van der Waals surface area contributed by atoms with E-state index in [2.05, 4.69) is 10.6 Å². The monoisotopic (exact) mass is 394 g/mol. The third kappa shape index (κ3) is 4.63. The first-order valence-corrected chi connectivity index (χ1v) is 9.07. The highest BCUT2D eigenvalue weighted by Crippen LogP contribution is 2.23. The molecule has 2 aromatic carbocycles. The lowest BCUT2D eigenvalue weighted by molar-refractivity contribution is -0.222. The highest BCUT2D eigenvalue weighted by molar-refractivity contribution is 6.15. The number of benzene rings is 2.